The monoisotopic (exact) mass is 617 g/mol. The Labute approximate surface area is 212 Å². The Hall–Kier alpha value is -3.85. The normalized spacial score (nSPS) is 10.1. The molecule has 6 rings (SSSR count). The third-order valence-electron chi connectivity index (χ3n) is 5.08. The average molecular weight is 617 g/mol. The second kappa shape index (κ2) is 11.3. The number of hydrogen-bond acceptors (Lipinski definition) is 3. The Morgan fingerprint density at radius 3 is 1.94 bits per heavy atom. The molecule has 6 aromatic rings. The van der Waals surface area contributed by atoms with Gasteiger partial charge in [-0.25, -0.2) is 0 Å². The third-order valence-corrected chi connectivity index (χ3v) is 5.08. The van der Waals surface area contributed by atoms with Crippen molar-refractivity contribution >= 4 is 11.1 Å². The van der Waals surface area contributed by atoms with Crippen molar-refractivity contribution in [2.45, 2.75) is 0 Å². The summed E-state index contributed by atoms with van der Waals surface area (Å²) in [5.74, 6) is 0.840. The fourth-order valence-corrected chi connectivity index (χ4v) is 3.44. The van der Waals surface area contributed by atoms with Crippen molar-refractivity contribution in [2.24, 2.45) is 0 Å². The average Bonchev–Trinajstić information content (AvgIpc) is 3.35. The van der Waals surface area contributed by atoms with Gasteiger partial charge in [0.05, 0.1) is 0 Å². The van der Waals surface area contributed by atoms with Crippen LogP contribution in [0, 0.1) is 12.1 Å². The Bertz CT molecular complexity index is 1360. The topological polar surface area (TPSA) is 38.9 Å². The third kappa shape index (κ3) is 5.55. The van der Waals surface area contributed by atoms with Gasteiger partial charge in [-0.3, -0.25) is 4.98 Å². The summed E-state index contributed by atoms with van der Waals surface area (Å²) in [6, 6.07) is 43.9. The van der Waals surface area contributed by atoms with Gasteiger partial charge in [-0.15, -0.1) is 71.8 Å². The molecule has 0 bridgehead atoms. The molecule has 0 atom stereocenters. The molecule has 0 N–H and O–H groups in total. The molecule has 0 aliphatic rings. The maximum atomic E-state index is 5.89. The van der Waals surface area contributed by atoms with E-state index < -0.39 is 0 Å². The molecule has 0 saturated heterocycles. The van der Waals surface area contributed by atoms with E-state index >= 15 is 0 Å². The molecule has 4 heteroatoms. The van der Waals surface area contributed by atoms with Crippen LogP contribution in [0.1, 0.15) is 0 Å². The van der Waals surface area contributed by atoms with Crippen molar-refractivity contribution in [1.82, 2.24) is 9.97 Å². The van der Waals surface area contributed by atoms with E-state index in [1.54, 1.807) is 6.20 Å². The Morgan fingerprint density at radius 2 is 1.29 bits per heavy atom. The second-order valence-electron chi connectivity index (χ2n) is 7.34. The van der Waals surface area contributed by atoms with Crippen LogP contribution in [0.3, 0.4) is 0 Å². The zero-order valence-electron chi connectivity index (χ0n) is 18.2. The van der Waals surface area contributed by atoms with Gasteiger partial charge < -0.3 is 9.40 Å². The number of aromatic nitrogens is 2. The molecule has 3 aromatic carbocycles. The molecule has 0 spiro atoms. The summed E-state index contributed by atoms with van der Waals surface area (Å²) in [7, 11) is 0. The van der Waals surface area contributed by atoms with Crippen LogP contribution in [0.2, 0.25) is 0 Å². The molecule has 0 aliphatic carbocycles. The summed E-state index contributed by atoms with van der Waals surface area (Å²) in [4.78, 5) is 8.81. The molecule has 167 valence electrons. The van der Waals surface area contributed by atoms with Crippen LogP contribution in [0.25, 0.3) is 44.9 Å². The SMILES string of the molecule is [Ir].[c-]1ccccc1-c1ccc2cc(-c3ccccc3)oc2n1.[c-]1ccccc1-c1ccccn1. The van der Waals surface area contributed by atoms with Crippen LogP contribution in [0.5, 0.6) is 0 Å². The van der Waals surface area contributed by atoms with E-state index in [2.05, 4.69) is 22.1 Å². The van der Waals surface area contributed by atoms with Crippen molar-refractivity contribution in [3.8, 4) is 33.8 Å². The van der Waals surface area contributed by atoms with Gasteiger partial charge in [0.1, 0.15) is 5.76 Å². The predicted octanol–water partition coefficient (Wildman–Crippen LogP) is 7.51. The smallest absolute Gasteiger partial charge is 0.217 e. The zero-order chi connectivity index (χ0) is 22.3. The van der Waals surface area contributed by atoms with Crippen LogP contribution in [-0.4, -0.2) is 9.97 Å². The number of fused-ring (bicyclic) bond motifs is 1. The van der Waals surface area contributed by atoms with Gasteiger partial charge in [-0.05, 0) is 23.5 Å². The van der Waals surface area contributed by atoms with Gasteiger partial charge in [0, 0.05) is 37.3 Å². The summed E-state index contributed by atoms with van der Waals surface area (Å²) in [6.07, 6.45) is 1.79. The molecule has 0 saturated carbocycles. The molecule has 0 unspecified atom stereocenters. The number of furan rings is 1. The first-order valence-corrected chi connectivity index (χ1v) is 10.7. The molecule has 3 aromatic heterocycles. The fraction of sp³-hybridized carbons (Fsp3) is 0. The van der Waals surface area contributed by atoms with E-state index in [4.69, 9.17) is 4.42 Å². The number of rotatable bonds is 3. The number of hydrogen-bond donors (Lipinski definition) is 0. The van der Waals surface area contributed by atoms with Crippen molar-refractivity contribution in [1.29, 1.82) is 0 Å². The summed E-state index contributed by atoms with van der Waals surface area (Å²) < 4.78 is 5.89. The van der Waals surface area contributed by atoms with E-state index in [0.717, 1.165) is 39.2 Å². The quantitative estimate of drug-likeness (QED) is 0.193. The molecule has 3 heterocycles. The van der Waals surface area contributed by atoms with E-state index in [-0.39, 0.29) is 20.1 Å². The van der Waals surface area contributed by atoms with Gasteiger partial charge >= 0.3 is 0 Å². The van der Waals surface area contributed by atoms with E-state index in [1.807, 2.05) is 115 Å². The van der Waals surface area contributed by atoms with Gasteiger partial charge in [0.15, 0.2) is 0 Å². The first-order valence-electron chi connectivity index (χ1n) is 10.7. The number of nitrogens with zero attached hydrogens (tertiary/aromatic N) is 2. The first kappa shape index (κ1) is 23.3. The van der Waals surface area contributed by atoms with Crippen molar-refractivity contribution in [3.05, 3.63) is 134 Å². The molecule has 34 heavy (non-hydrogen) atoms. The maximum Gasteiger partial charge on any atom is 0.217 e. The van der Waals surface area contributed by atoms with E-state index in [0.29, 0.717) is 5.71 Å². The Kier molecular flexibility index (Phi) is 7.77. The van der Waals surface area contributed by atoms with Crippen molar-refractivity contribution in [2.75, 3.05) is 0 Å². The van der Waals surface area contributed by atoms with Crippen molar-refractivity contribution < 1.29 is 24.5 Å². The first-order chi connectivity index (χ1) is 16.4. The molecular weight excluding hydrogens is 597 g/mol. The molecule has 0 amide bonds. The molecule has 1 radical (unpaired) electrons. The largest absolute Gasteiger partial charge is 0.439 e. The minimum atomic E-state index is 0. The van der Waals surface area contributed by atoms with Crippen molar-refractivity contribution in [3.63, 3.8) is 0 Å². The van der Waals surface area contributed by atoms with Crippen LogP contribution < -0.4 is 0 Å². The molecule has 3 nitrogen and oxygen atoms in total. The second-order valence-corrected chi connectivity index (χ2v) is 7.34. The number of pyridine rings is 2. The van der Waals surface area contributed by atoms with E-state index in [1.165, 1.54) is 0 Å². The maximum absolute atomic E-state index is 5.89. The molecular formula is C30H20IrN2O-2. The van der Waals surface area contributed by atoms with Crippen LogP contribution in [-0.2, 0) is 20.1 Å². The summed E-state index contributed by atoms with van der Waals surface area (Å²) in [5.41, 5.74) is 5.57. The van der Waals surface area contributed by atoms with Crippen LogP contribution >= 0.6 is 0 Å². The predicted molar refractivity (Wildman–Crippen MR) is 132 cm³/mol. The van der Waals surface area contributed by atoms with E-state index in [9.17, 15) is 0 Å². The van der Waals surface area contributed by atoms with Crippen LogP contribution in [0.15, 0.2) is 126 Å². The Morgan fingerprint density at radius 1 is 0.618 bits per heavy atom. The standard InChI is InChI=1S/C19H12NO.C11H8N.Ir/c1-3-7-14(8-4-1)17-12-11-16-13-18(21-19(16)20-17)15-9-5-2-6-10-15;1-2-6-10(7-3-1)11-8-4-5-9-12-11;/h1-7,9-13H;1-6,8-9H;/q2*-1;. The fourth-order valence-electron chi connectivity index (χ4n) is 3.44. The Balaban J connectivity index is 0.000000180. The molecule has 0 aliphatic heterocycles. The minimum Gasteiger partial charge on any atom is -0.439 e. The van der Waals surface area contributed by atoms with Crippen LogP contribution in [0.4, 0.5) is 0 Å². The summed E-state index contributed by atoms with van der Waals surface area (Å²) in [6.45, 7) is 0. The summed E-state index contributed by atoms with van der Waals surface area (Å²) >= 11 is 0. The molecule has 0 fully saturated rings. The summed E-state index contributed by atoms with van der Waals surface area (Å²) in [5, 5.41) is 1.01. The number of benzene rings is 3. The van der Waals surface area contributed by atoms with Gasteiger partial charge in [-0.1, -0.05) is 54.6 Å². The zero-order valence-corrected chi connectivity index (χ0v) is 20.6. The van der Waals surface area contributed by atoms with Gasteiger partial charge in [0.25, 0.3) is 0 Å². The minimum absolute atomic E-state index is 0. The van der Waals surface area contributed by atoms with Gasteiger partial charge in [-0.2, -0.15) is 0 Å². The van der Waals surface area contributed by atoms with Gasteiger partial charge in [0.2, 0.25) is 5.71 Å².